The van der Waals surface area contributed by atoms with Gasteiger partial charge in [0.2, 0.25) is 0 Å². The molecule has 104 valence electrons. The highest BCUT2D eigenvalue weighted by molar-refractivity contribution is 5.14. The molecule has 0 aliphatic carbocycles. The highest BCUT2D eigenvalue weighted by atomic mass is 16.3. The zero-order chi connectivity index (χ0) is 13.1. The third kappa shape index (κ3) is 2.99. The molecule has 2 saturated heterocycles. The summed E-state index contributed by atoms with van der Waals surface area (Å²) in [4.78, 5) is 5.13. The van der Waals surface area contributed by atoms with E-state index >= 15 is 0 Å². The van der Waals surface area contributed by atoms with Gasteiger partial charge >= 0.3 is 0 Å². The molecule has 0 radical (unpaired) electrons. The Labute approximate surface area is 115 Å². The average Bonchev–Trinajstić information content (AvgIpc) is 2.71. The molecule has 2 unspecified atom stereocenters. The van der Waals surface area contributed by atoms with Gasteiger partial charge in [0.1, 0.15) is 0 Å². The molecular formula is C16H24N2O. The van der Waals surface area contributed by atoms with Crippen LogP contribution in [-0.4, -0.2) is 53.2 Å². The van der Waals surface area contributed by atoms with Crippen LogP contribution in [0.4, 0.5) is 0 Å². The van der Waals surface area contributed by atoms with Gasteiger partial charge in [-0.05, 0) is 31.4 Å². The Hall–Kier alpha value is -0.900. The van der Waals surface area contributed by atoms with Gasteiger partial charge in [-0.1, -0.05) is 30.3 Å². The first kappa shape index (κ1) is 13.1. The van der Waals surface area contributed by atoms with Crippen molar-refractivity contribution in [3.63, 3.8) is 0 Å². The smallest absolute Gasteiger partial charge is 0.0587 e. The Morgan fingerprint density at radius 1 is 1.11 bits per heavy atom. The second kappa shape index (κ2) is 6.04. The van der Waals surface area contributed by atoms with Crippen molar-refractivity contribution in [2.75, 3.05) is 26.2 Å². The first-order chi connectivity index (χ1) is 9.36. The third-order valence-electron chi connectivity index (χ3n) is 4.59. The fourth-order valence-corrected chi connectivity index (χ4v) is 3.62. The molecule has 1 aromatic rings. The highest BCUT2D eigenvalue weighted by Crippen LogP contribution is 2.27. The van der Waals surface area contributed by atoms with Gasteiger partial charge in [-0.15, -0.1) is 0 Å². The molecule has 0 bridgehead atoms. The lowest BCUT2D eigenvalue weighted by atomic mass is 10.1. The monoisotopic (exact) mass is 260 g/mol. The molecule has 0 amide bonds. The van der Waals surface area contributed by atoms with Crippen LogP contribution in [0.15, 0.2) is 30.3 Å². The summed E-state index contributed by atoms with van der Waals surface area (Å²) < 4.78 is 0. The van der Waals surface area contributed by atoms with Crippen LogP contribution in [0.1, 0.15) is 24.8 Å². The van der Waals surface area contributed by atoms with E-state index in [2.05, 4.69) is 40.1 Å². The minimum Gasteiger partial charge on any atom is -0.395 e. The van der Waals surface area contributed by atoms with Crippen molar-refractivity contribution >= 4 is 0 Å². The molecule has 2 aliphatic rings. The predicted octanol–water partition coefficient (Wildman–Crippen LogP) is 1.72. The van der Waals surface area contributed by atoms with Crippen molar-refractivity contribution < 1.29 is 5.11 Å². The van der Waals surface area contributed by atoms with E-state index in [-0.39, 0.29) is 0 Å². The fourth-order valence-electron chi connectivity index (χ4n) is 3.62. The quantitative estimate of drug-likeness (QED) is 0.896. The van der Waals surface area contributed by atoms with Crippen LogP contribution in [0.2, 0.25) is 0 Å². The summed E-state index contributed by atoms with van der Waals surface area (Å²) in [5, 5.41) is 9.44. The first-order valence-corrected chi connectivity index (χ1v) is 7.49. The molecule has 1 N–H and O–H groups in total. The lowest BCUT2D eigenvalue weighted by Gasteiger charge is -2.28. The van der Waals surface area contributed by atoms with Crippen LogP contribution >= 0.6 is 0 Å². The summed E-state index contributed by atoms with van der Waals surface area (Å²) in [5.74, 6) is 0. The fraction of sp³-hybridized carbons (Fsp3) is 0.625. The van der Waals surface area contributed by atoms with Gasteiger partial charge in [-0.3, -0.25) is 9.80 Å². The minimum atomic E-state index is 0.329. The van der Waals surface area contributed by atoms with Crippen LogP contribution < -0.4 is 0 Å². The number of hydrogen-bond donors (Lipinski definition) is 1. The molecule has 0 saturated carbocycles. The van der Waals surface area contributed by atoms with Crippen molar-refractivity contribution in [3.05, 3.63) is 35.9 Å². The lowest BCUT2D eigenvalue weighted by Crippen LogP contribution is -2.41. The first-order valence-electron chi connectivity index (χ1n) is 7.49. The maximum absolute atomic E-state index is 9.44. The Bertz CT molecular complexity index is 395. The van der Waals surface area contributed by atoms with Crippen molar-refractivity contribution in [3.8, 4) is 0 Å². The van der Waals surface area contributed by atoms with Crippen LogP contribution in [0.5, 0.6) is 0 Å². The van der Waals surface area contributed by atoms with Gasteiger partial charge in [0.05, 0.1) is 6.61 Å². The number of fused-ring (bicyclic) bond motifs is 1. The summed E-state index contributed by atoms with van der Waals surface area (Å²) in [7, 11) is 0. The van der Waals surface area contributed by atoms with Gasteiger partial charge < -0.3 is 5.11 Å². The van der Waals surface area contributed by atoms with Crippen LogP contribution in [0.25, 0.3) is 0 Å². The van der Waals surface area contributed by atoms with Crippen LogP contribution in [-0.2, 0) is 6.54 Å². The maximum Gasteiger partial charge on any atom is 0.0587 e. The molecule has 3 nitrogen and oxygen atoms in total. The Balaban J connectivity index is 1.63. The van der Waals surface area contributed by atoms with Gasteiger partial charge in [0.25, 0.3) is 0 Å². The normalized spacial score (nSPS) is 29.1. The van der Waals surface area contributed by atoms with Crippen molar-refractivity contribution in [1.82, 2.24) is 9.80 Å². The standard InChI is InChI=1S/C16H24N2O/c19-13-16-8-7-15-12-17(9-4-10-18(15)16)11-14-5-2-1-3-6-14/h1-3,5-6,15-16,19H,4,7-13H2. The molecule has 19 heavy (non-hydrogen) atoms. The van der Waals surface area contributed by atoms with Gasteiger partial charge in [-0.2, -0.15) is 0 Å². The van der Waals surface area contributed by atoms with E-state index in [4.69, 9.17) is 0 Å². The molecule has 3 heteroatoms. The van der Waals surface area contributed by atoms with Crippen molar-refractivity contribution in [1.29, 1.82) is 0 Å². The van der Waals surface area contributed by atoms with Gasteiger partial charge in [0.15, 0.2) is 0 Å². The molecule has 2 fully saturated rings. The molecule has 2 heterocycles. The zero-order valence-corrected chi connectivity index (χ0v) is 11.5. The topological polar surface area (TPSA) is 26.7 Å². The number of aliphatic hydroxyl groups excluding tert-OH is 1. The molecule has 1 aromatic carbocycles. The number of benzene rings is 1. The number of nitrogens with zero attached hydrogens (tertiary/aromatic N) is 2. The second-order valence-electron chi connectivity index (χ2n) is 5.88. The minimum absolute atomic E-state index is 0.329. The van der Waals surface area contributed by atoms with E-state index in [0.717, 1.165) is 19.6 Å². The Morgan fingerprint density at radius 2 is 1.95 bits per heavy atom. The number of rotatable bonds is 3. The van der Waals surface area contributed by atoms with E-state index in [1.54, 1.807) is 0 Å². The van der Waals surface area contributed by atoms with E-state index < -0.39 is 0 Å². The van der Waals surface area contributed by atoms with E-state index in [1.807, 2.05) is 0 Å². The van der Waals surface area contributed by atoms with Gasteiger partial charge in [-0.25, -0.2) is 0 Å². The second-order valence-corrected chi connectivity index (χ2v) is 5.88. The highest BCUT2D eigenvalue weighted by Gasteiger charge is 2.35. The number of hydrogen-bond acceptors (Lipinski definition) is 3. The molecule has 0 spiro atoms. The summed E-state index contributed by atoms with van der Waals surface area (Å²) in [6, 6.07) is 11.8. The van der Waals surface area contributed by atoms with E-state index in [1.165, 1.54) is 31.4 Å². The Morgan fingerprint density at radius 3 is 2.74 bits per heavy atom. The molecule has 2 atom stereocenters. The molecule has 0 aromatic heterocycles. The summed E-state index contributed by atoms with van der Waals surface area (Å²) >= 11 is 0. The average molecular weight is 260 g/mol. The van der Waals surface area contributed by atoms with Gasteiger partial charge in [0, 0.05) is 31.7 Å². The number of aliphatic hydroxyl groups is 1. The lowest BCUT2D eigenvalue weighted by molar-refractivity contribution is 0.128. The maximum atomic E-state index is 9.44. The Kier molecular flexibility index (Phi) is 4.16. The van der Waals surface area contributed by atoms with E-state index in [9.17, 15) is 5.11 Å². The zero-order valence-electron chi connectivity index (χ0n) is 11.5. The third-order valence-corrected chi connectivity index (χ3v) is 4.59. The van der Waals surface area contributed by atoms with Crippen LogP contribution in [0, 0.1) is 0 Å². The largest absolute Gasteiger partial charge is 0.395 e. The molecule has 2 aliphatic heterocycles. The summed E-state index contributed by atoms with van der Waals surface area (Å²) in [6.07, 6.45) is 3.64. The predicted molar refractivity (Wildman–Crippen MR) is 76.9 cm³/mol. The summed E-state index contributed by atoms with van der Waals surface area (Å²) in [5.41, 5.74) is 1.41. The molecular weight excluding hydrogens is 236 g/mol. The van der Waals surface area contributed by atoms with Crippen LogP contribution in [0.3, 0.4) is 0 Å². The molecule has 3 rings (SSSR count). The van der Waals surface area contributed by atoms with Crippen molar-refractivity contribution in [2.45, 2.75) is 37.9 Å². The SMILES string of the molecule is OCC1CCC2CN(Cc3ccccc3)CCCN12. The van der Waals surface area contributed by atoms with E-state index in [0.29, 0.717) is 18.7 Å². The summed E-state index contributed by atoms with van der Waals surface area (Å²) in [6.45, 7) is 4.89. The van der Waals surface area contributed by atoms with Crippen molar-refractivity contribution in [2.24, 2.45) is 0 Å².